The highest BCUT2D eigenvalue weighted by Crippen LogP contribution is 2.36. The Kier molecular flexibility index (Phi) is 4.93. The van der Waals surface area contributed by atoms with Crippen LogP contribution < -0.4 is 10.2 Å². The Balaban J connectivity index is 1.41. The van der Waals surface area contributed by atoms with Crippen molar-refractivity contribution in [2.24, 2.45) is 0 Å². The largest absolute Gasteiger partial charge is 0.378 e. The number of imidazole rings is 1. The second-order valence-corrected chi connectivity index (χ2v) is 7.82. The van der Waals surface area contributed by atoms with E-state index >= 15 is 0 Å². The molecule has 2 fully saturated rings. The van der Waals surface area contributed by atoms with E-state index in [-0.39, 0.29) is 18.2 Å². The van der Waals surface area contributed by atoms with Crippen LogP contribution in [-0.2, 0) is 4.74 Å². The van der Waals surface area contributed by atoms with Gasteiger partial charge in [0.15, 0.2) is 11.5 Å². The average molecular weight is 428 g/mol. The number of aromatic nitrogens is 3. The van der Waals surface area contributed by atoms with Crippen LogP contribution in [0.1, 0.15) is 24.4 Å². The smallest absolute Gasteiger partial charge is 0.323 e. The summed E-state index contributed by atoms with van der Waals surface area (Å²) in [6.07, 6.45) is 3.14. The lowest BCUT2D eigenvalue weighted by atomic mass is 10.0. The molecule has 162 valence electrons. The Morgan fingerprint density at radius 1 is 1.23 bits per heavy atom. The molecule has 10 heteroatoms. The molecular formula is C21H22F2N6O2. The first-order chi connectivity index (χ1) is 15.0. The molecular weight excluding hydrogens is 406 g/mol. The number of nitrogens with zero attached hydrogens (tertiary/aromatic N) is 5. The normalized spacial score (nSPS) is 19.1. The van der Waals surface area contributed by atoms with E-state index in [0.29, 0.717) is 48.9 Å². The number of rotatable bonds is 4. The van der Waals surface area contributed by atoms with E-state index in [0.717, 1.165) is 18.6 Å². The lowest BCUT2D eigenvalue weighted by Gasteiger charge is -2.37. The number of likely N-dealkylation sites (tertiary alicyclic amines) is 1. The number of hydrogen-bond donors (Lipinski definition) is 1. The van der Waals surface area contributed by atoms with E-state index in [2.05, 4.69) is 15.4 Å². The Hall–Kier alpha value is -3.27. The summed E-state index contributed by atoms with van der Waals surface area (Å²) in [6.45, 7) is 1.74. The molecule has 31 heavy (non-hydrogen) atoms. The molecule has 3 aromatic rings. The number of amides is 2. The molecule has 0 radical (unpaired) electrons. The molecule has 2 aliphatic heterocycles. The van der Waals surface area contributed by atoms with Gasteiger partial charge in [-0.25, -0.2) is 18.6 Å². The van der Waals surface area contributed by atoms with Crippen molar-refractivity contribution in [3.05, 3.63) is 53.7 Å². The van der Waals surface area contributed by atoms with Crippen LogP contribution >= 0.6 is 0 Å². The van der Waals surface area contributed by atoms with Crippen LogP contribution in [0.15, 0.2) is 36.5 Å². The van der Waals surface area contributed by atoms with Crippen molar-refractivity contribution in [1.29, 1.82) is 0 Å². The van der Waals surface area contributed by atoms with Crippen molar-refractivity contribution in [3.8, 4) is 0 Å². The number of methoxy groups -OCH3 is 1. The molecule has 0 aliphatic carbocycles. The topological polar surface area (TPSA) is 75.0 Å². The molecule has 2 amide bonds. The molecule has 0 spiro atoms. The van der Waals surface area contributed by atoms with Crippen molar-refractivity contribution in [1.82, 2.24) is 19.5 Å². The SMILES string of the molecule is COC1CN(C(=O)Nc2cnc3ccc(N4CCC[C@@H]4c4cc(F)ccc4F)nn23)C1. The van der Waals surface area contributed by atoms with Gasteiger partial charge in [-0.1, -0.05) is 0 Å². The number of carbonyl (C=O) groups is 1. The summed E-state index contributed by atoms with van der Waals surface area (Å²) in [5.41, 5.74) is 0.897. The minimum absolute atomic E-state index is 0.0629. The van der Waals surface area contributed by atoms with Crippen LogP contribution in [0.25, 0.3) is 5.65 Å². The van der Waals surface area contributed by atoms with Crippen LogP contribution in [-0.4, -0.2) is 58.4 Å². The molecule has 1 N–H and O–H groups in total. The first kappa shape index (κ1) is 19.7. The van der Waals surface area contributed by atoms with Crippen LogP contribution in [0.2, 0.25) is 0 Å². The van der Waals surface area contributed by atoms with Gasteiger partial charge in [0.2, 0.25) is 0 Å². The van der Waals surface area contributed by atoms with Gasteiger partial charge in [0.1, 0.15) is 17.5 Å². The standard InChI is InChI=1S/C21H22F2N6O2/c1-31-14-11-27(12-14)21(30)25-20-10-24-18-6-7-19(26-29(18)20)28-8-2-3-17(28)15-9-13(22)4-5-16(15)23/h4-7,9-10,14,17H,2-3,8,11-12H2,1H3,(H,25,30)/t17-/m1/s1. The summed E-state index contributed by atoms with van der Waals surface area (Å²) in [5.74, 6) is 0.151. The Bertz CT molecular complexity index is 1130. The number of anilines is 2. The van der Waals surface area contributed by atoms with Gasteiger partial charge in [0, 0.05) is 19.2 Å². The van der Waals surface area contributed by atoms with Gasteiger partial charge >= 0.3 is 6.03 Å². The van der Waals surface area contributed by atoms with Crippen LogP contribution in [0, 0.1) is 11.6 Å². The van der Waals surface area contributed by atoms with Crippen LogP contribution in [0.4, 0.5) is 25.2 Å². The molecule has 1 atom stereocenters. The highest BCUT2D eigenvalue weighted by Gasteiger charge is 2.32. The predicted molar refractivity (Wildman–Crippen MR) is 110 cm³/mol. The minimum atomic E-state index is -0.465. The first-order valence-corrected chi connectivity index (χ1v) is 10.2. The van der Waals surface area contributed by atoms with Crippen LogP contribution in [0.3, 0.4) is 0 Å². The monoisotopic (exact) mass is 428 g/mol. The maximum atomic E-state index is 14.4. The Morgan fingerprint density at radius 3 is 2.87 bits per heavy atom. The van der Waals surface area contributed by atoms with E-state index in [9.17, 15) is 13.6 Å². The fraction of sp³-hybridized carbons (Fsp3) is 0.381. The first-order valence-electron chi connectivity index (χ1n) is 10.2. The third-order valence-electron chi connectivity index (χ3n) is 5.92. The van der Waals surface area contributed by atoms with Crippen molar-refractivity contribution in [2.75, 3.05) is 37.0 Å². The number of fused-ring (bicyclic) bond motifs is 1. The van der Waals surface area contributed by atoms with Crippen LogP contribution in [0.5, 0.6) is 0 Å². The maximum absolute atomic E-state index is 14.4. The highest BCUT2D eigenvalue weighted by molar-refractivity contribution is 5.89. The lowest BCUT2D eigenvalue weighted by molar-refractivity contribution is -0.00468. The fourth-order valence-corrected chi connectivity index (χ4v) is 4.18. The van der Waals surface area contributed by atoms with E-state index in [1.807, 2.05) is 11.0 Å². The number of hydrogen-bond acceptors (Lipinski definition) is 5. The second-order valence-electron chi connectivity index (χ2n) is 7.82. The molecule has 2 saturated heterocycles. The number of benzene rings is 1. The lowest BCUT2D eigenvalue weighted by Crippen LogP contribution is -2.55. The fourth-order valence-electron chi connectivity index (χ4n) is 4.18. The number of ether oxygens (including phenoxy) is 1. The van der Waals surface area contributed by atoms with E-state index in [1.54, 1.807) is 28.8 Å². The third-order valence-corrected chi connectivity index (χ3v) is 5.92. The number of nitrogens with one attached hydrogen (secondary N) is 1. The zero-order chi connectivity index (χ0) is 21.5. The van der Waals surface area contributed by atoms with Gasteiger partial charge in [0.05, 0.1) is 31.4 Å². The minimum Gasteiger partial charge on any atom is -0.378 e. The quantitative estimate of drug-likeness (QED) is 0.691. The highest BCUT2D eigenvalue weighted by atomic mass is 19.1. The van der Waals surface area contributed by atoms with Crippen molar-refractivity contribution >= 4 is 23.3 Å². The number of urea groups is 1. The van der Waals surface area contributed by atoms with Gasteiger partial charge in [-0.15, -0.1) is 5.10 Å². The summed E-state index contributed by atoms with van der Waals surface area (Å²) in [5, 5.41) is 7.47. The summed E-state index contributed by atoms with van der Waals surface area (Å²) < 4.78 is 34.9. The third kappa shape index (κ3) is 3.56. The summed E-state index contributed by atoms with van der Waals surface area (Å²) in [7, 11) is 1.62. The number of carbonyl (C=O) groups excluding carboxylic acids is 1. The zero-order valence-corrected chi connectivity index (χ0v) is 17.0. The van der Waals surface area contributed by atoms with Gasteiger partial charge in [-0.2, -0.15) is 4.52 Å². The van der Waals surface area contributed by atoms with E-state index < -0.39 is 11.6 Å². The molecule has 4 heterocycles. The molecule has 5 rings (SSSR count). The molecule has 2 aromatic heterocycles. The second kappa shape index (κ2) is 7.77. The Labute approximate surface area is 177 Å². The molecule has 0 bridgehead atoms. The molecule has 0 saturated carbocycles. The van der Waals surface area contributed by atoms with Gasteiger partial charge in [-0.3, -0.25) is 5.32 Å². The maximum Gasteiger partial charge on any atom is 0.323 e. The van der Waals surface area contributed by atoms with Gasteiger partial charge in [0.25, 0.3) is 0 Å². The predicted octanol–water partition coefficient (Wildman–Crippen LogP) is 3.21. The van der Waals surface area contributed by atoms with E-state index in [1.165, 1.54) is 6.07 Å². The van der Waals surface area contributed by atoms with E-state index in [4.69, 9.17) is 4.74 Å². The molecule has 0 unspecified atom stereocenters. The van der Waals surface area contributed by atoms with Crippen molar-refractivity contribution in [3.63, 3.8) is 0 Å². The van der Waals surface area contributed by atoms with Gasteiger partial charge < -0.3 is 14.5 Å². The zero-order valence-electron chi connectivity index (χ0n) is 17.0. The molecule has 1 aromatic carbocycles. The molecule has 8 nitrogen and oxygen atoms in total. The van der Waals surface area contributed by atoms with Gasteiger partial charge in [-0.05, 0) is 43.2 Å². The van der Waals surface area contributed by atoms with Crippen molar-refractivity contribution < 1.29 is 18.3 Å². The Morgan fingerprint density at radius 2 is 2.06 bits per heavy atom. The molecule has 2 aliphatic rings. The number of halogens is 2. The summed E-state index contributed by atoms with van der Waals surface area (Å²) >= 11 is 0. The average Bonchev–Trinajstić information content (AvgIpc) is 3.36. The summed E-state index contributed by atoms with van der Waals surface area (Å²) in [4.78, 5) is 20.3. The summed E-state index contributed by atoms with van der Waals surface area (Å²) in [6, 6.07) is 6.57. The van der Waals surface area contributed by atoms with Crippen molar-refractivity contribution in [2.45, 2.75) is 25.0 Å².